The largest absolute Gasteiger partial charge is 0.303 e. The van der Waals surface area contributed by atoms with Crippen LogP contribution in [-0.4, -0.2) is 29.4 Å². The monoisotopic (exact) mass is 630 g/mol. The van der Waals surface area contributed by atoms with Gasteiger partial charge in [0.05, 0.1) is 0 Å². The molecule has 47 heavy (non-hydrogen) atoms. The number of carbonyl (C=O) groups is 5. The third-order valence-corrected chi connectivity index (χ3v) is 12.7. The second-order valence-corrected chi connectivity index (χ2v) is 15.7. The zero-order chi connectivity index (χ0) is 33.1. The average molecular weight is 631 g/mol. The van der Waals surface area contributed by atoms with Crippen molar-refractivity contribution < 1.29 is 24.0 Å². The van der Waals surface area contributed by atoms with E-state index in [0.717, 1.165) is 48.8 Å². The molecule has 8 aliphatic carbocycles. The van der Waals surface area contributed by atoms with E-state index in [4.69, 9.17) is 0 Å². The predicted octanol–water partition coefficient (Wildman–Crippen LogP) is 8.15. The van der Waals surface area contributed by atoms with Crippen LogP contribution in [0.15, 0.2) is 93.2 Å². The lowest BCUT2D eigenvalue weighted by Gasteiger charge is -2.60. The lowest BCUT2D eigenvalue weighted by Crippen LogP contribution is -2.60. The SMILES string of the molecule is CC1=CCC2=CC(=O)C(=CC2=O)C/C(C)=C/CCC2=CC(C1)C1(C=O)CC3C=C4CC/C=C(\C)CC5=CC(=O)C3(CC1C2)C(C4)C5=O. The molecule has 8 rings (SSSR count). The third kappa shape index (κ3) is 5.44. The van der Waals surface area contributed by atoms with Gasteiger partial charge < -0.3 is 4.79 Å². The summed E-state index contributed by atoms with van der Waals surface area (Å²) in [6.07, 6.45) is 25.1. The van der Waals surface area contributed by atoms with E-state index < -0.39 is 10.8 Å². The Morgan fingerprint density at radius 1 is 0.681 bits per heavy atom. The van der Waals surface area contributed by atoms with E-state index in [-0.39, 0.29) is 46.8 Å². The minimum absolute atomic E-state index is 0.0280. The summed E-state index contributed by atoms with van der Waals surface area (Å²) in [7, 11) is 0. The fourth-order valence-corrected chi connectivity index (χ4v) is 10.2. The minimum atomic E-state index is -0.782. The summed E-state index contributed by atoms with van der Waals surface area (Å²) in [5.41, 5.74) is 6.15. The van der Waals surface area contributed by atoms with E-state index in [1.54, 1.807) is 6.08 Å². The zero-order valence-corrected chi connectivity index (χ0v) is 28.0. The van der Waals surface area contributed by atoms with Crippen LogP contribution in [0.2, 0.25) is 0 Å². The highest BCUT2D eigenvalue weighted by molar-refractivity contribution is 6.20. The lowest BCUT2D eigenvalue weighted by molar-refractivity contribution is -0.156. The Bertz CT molecular complexity index is 1730. The molecule has 1 spiro atoms. The van der Waals surface area contributed by atoms with Crippen LogP contribution in [0, 0.1) is 34.5 Å². The first-order valence-corrected chi connectivity index (χ1v) is 17.6. The highest BCUT2D eigenvalue weighted by atomic mass is 16.1. The van der Waals surface area contributed by atoms with Crippen molar-refractivity contribution in [1.29, 1.82) is 0 Å². The maximum atomic E-state index is 14.4. The molecule has 0 aromatic rings. The highest BCUT2D eigenvalue weighted by Crippen LogP contribution is 2.66. The smallest absolute Gasteiger partial charge is 0.182 e. The van der Waals surface area contributed by atoms with E-state index in [2.05, 4.69) is 38.2 Å². The number of hydrogen-bond donors (Lipinski definition) is 0. The number of fused-ring (bicyclic) bond motifs is 10. The topological polar surface area (TPSA) is 85.3 Å². The first-order chi connectivity index (χ1) is 22.5. The number of carbonyl (C=O) groups excluding carboxylic acids is 5. The van der Waals surface area contributed by atoms with Crippen LogP contribution in [0.25, 0.3) is 0 Å². The molecule has 5 nitrogen and oxygen atoms in total. The fourth-order valence-electron chi connectivity index (χ4n) is 10.2. The van der Waals surface area contributed by atoms with Crippen molar-refractivity contribution in [2.24, 2.45) is 34.5 Å². The van der Waals surface area contributed by atoms with Crippen LogP contribution in [0.3, 0.4) is 0 Å². The summed E-state index contributed by atoms with van der Waals surface area (Å²) in [4.78, 5) is 68.0. The maximum absolute atomic E-state index is 14.4. The van der Waals surface area contributed by atoms with Gasteiger partial charge in [-0.15, -0.1) is 0 Å². The minimum Gasteiger partial charge on any atom is -0.303 e. The van der Waals surface area contributed by atoms with Gasteiger partial charge in [-0.25, -0.2) is 0 Å². The number of allylic oxidation sites excluding steroid dienone is 16. The summed E-state index contributed by atoms with van der Waals surface area (Å²) in [5.74, 6) is -0.529. The standard InChI is InChI=1S/C42H46O5/c1-25-6-4-8-28-15-33(14-27(3)10-11-30-19-38(45)31(12-25)20-37(30)44)41(24-43)22-35-17-29-9-5-7-26(2)13-32-21-39(46)42(35,23-34(41)16-28)36(18-29)40(32)47/h6-7,10,15,17,19-21,24,33-36H,4-5,8-9,11-14,16,18,22-23H2,1-3H3/b25-6+,26-7+,27-10?. The van der Waals surface area contributed by atoms with Gasteiger partial charge in [-0.2, -0.15) is 0 Å². The van der Waals surface area contributed by atoms with Gasteiger partial charge in [0.15, 0.2) is 23.1 Å². The van der Waals surface area contributed by atoms with Gasteiger partial charge in [-0.05, 0) is 134 Å². The molecule has 244 valence electrons. The van der Waals surface area contributed by atoms with Gasteiger partial charge in [0.1, 0.15) is 6.29 Å². The number of rotatable bonds is 1. The van der Waals surface area contributed by atoms with Gasteiger partial charge in [-0.1, -0.05) is 58.2 Å². The second kappa shape index (κ2) is 12.1. The summed E-state index contributed by atoms with van der Waals surface area (Å²) in [5, 5.41) is 0. The van der Waals surface area contributed by atoms with E-state index in [9.17, 15) is 24.0 Å². The van der Waals surface area contributed by atoms with E-state index >= 15 is 0 Å². The molecule has 6 unspecified atom stereocenters. The maximum Gasteiger partial charge on any atom is 0.182 e. The summed E-state index contributed by atoms with van der Waals surface area (Å²) in [6, 6.07) is 0. The second-order valence-electron chi connectivity index (χ2n) is 15.7. The molecule has 1 fully saturated rings. The van der Waals surface area contributed by atoms with Crippen LogP contribution >= 0.6 is 0 Å². The molecular weight excluding hydrogens is 584 g/mol. The number of ketones is 4. The Labute approximate surface area is 278 Å². The van der Waals surface area contributed by atoms with E-state index in [1.807, 2.05) is 13.0 Å². The van der Waals surface area contributed by atoms with Crippen molar-refractivity contribution >= 4 is 29.4 Å². The van der Waals surface area contributed by atoms with Crippen molar-refractivity contribution in [3.63, 3.8) is 0 Å². The van der Waals surface area contributed by atoms with Gasteiger partial charge >= 0.3 is 0 Å². The Hall–Kier alpha value is -3.73. The molecule has 0 N–H and O–H groups in total. The van der Waals surface area contributed by atoms with Crippen molar-refractivity contribution in [3.8, 4) is 0 Å². The molecule has 7 bridgehead atoms. The molecule has 0 heterocycles. The lowest BCUT2D eigenvalue weighted by atomic mass is 9.41. The molecule has 5 heteroatoms. The normalized spacial score (nSPS) is 38.2. The van der Waals surface area contributed by atoms with Gasteiger partial charge in [0.25, 0.3) is 0 Å². The first kappa shape index (κ1) is 31.8. The number of Topliss-reactive ketones (excluding diaryl/α,β-unsaturated/α-hetero) is 1. The fraction of sp³-hybridized carbons (Fsp3) is 0.500. The molecule has 0 aliphatic heterocycles. The summed E-state index contributed by atoms with van der Waals surface area (Å²) in [6.45, 7) is 6.13. The molecule has 0 aromatic carbocycles. The van der Waals surface area contributed by atoms with Crippen LogP contribution in [0.5, 0.6) is 0 Å². The summed E-state index contributed by atoms with van der Waals surface area (Å²) >= 11 is 0. The van der Waals surface area contributed by atoms with Crippen molar-refractivity contribution in [2.45, 2.75) is 97.8 Å². The Kier molecular flexibility index (Phi) is 8.17. The van der Waals surface area contributed by atoms with Crippen LogP contribution in [-0.2, 0) is 24.0 Å². The molecule has 0 amide bonds. The van der Waals surface area contributed by atoms with Crippen molar-refractivity contribution in [1.82, 2.24) is 0 Å². The molecule has 0 radical (unpaired) electrons. The molecule has 6 atom stereocenters. The van der Waals surface area contributed by atoms with Gasteiger partial charge in [0, 0.05) is 33.5 Å². The Morgan fingerprint density at radius 3 is 2.04 bits per heavy atom. The van der Waals surface area contributed by atoms with Crippen LogP contribution in [0.4, 0.5) is 0 Å². The van der Waals surface area contributed by atoms with Crippen molar-refractivity contribution in [3.05, 3.63) is 93.2 Å². The molecule has 0 aromatic heterocycles. The molecule has 8 aliphatic rings. The Balaban J connectivity index is 1.30. The quantitative estimate of drug-likeness (QED) is 0.166. The summed E-state index contributed by atoms with van der Waals surface area (Å²) < 4.78 is 0. The highest BCUT2D eigenvalue weighted by Gasteiger charge is 2.65. The zero-order valence-electron chi connectivity index (χ0n) is 28.0. The Morgan fingerprint density at radius 2 is 1.32 bits per heavy atom. The molecule has 0 saturated heterocycles. The first-order valence-electron chi connectivity index (χ1n) is 17.6. The average Bonchev–Trinajstić information content (AvgIpc) is 3.02. The third-order valence-electron chi connectivity index (χ3n) is 12.7. The van der Waals surface area contributed by atoms with Crippen molar-refractivity contribution in [2.75, 3.05) is 0 Å². The molecule has 1 saturated carbocycles. The van der Waals surface area contributed by atoms with Gasteiger partial charge in [-0.3, -0.25) is 19.2 Å². The van der Waals surface area contributed by atoms with Crippen LogP contribution < -0.4 is 0 Å². The number of aldehydes is 1. The van der Waals surface area contributed by atoms with Crippen LogP contribution in [0.1, 0.15) is 97.8 Å². The van der Waals surface area contributed by atoms with Gasteiger partial charge in [0.2, 0.25) is 0 Å². The predicted molar refractivity (Wildman–Crippen MR) is 182 cm³/mol. The number of hydrogen-bond acceptors (Lipinski definition) is 5. The van der Waals surface area contributed by atoms with E-state index in [1.165, 1.54) is 29.6 Å². The van der Waals surface area contributed by atoms with E-state index in [0.29, 0.717) is 61.7 Å². The molecular formula is C42H46O5.